The standard InChI is InChI=1S/C11H21NO2/c1-14-10(13)11(8-5-9-12)6-3-2-4-7-11/h2-9,12H2,1H3. The minimum Gasteiger partial charge on any atom is -0.469 e. The average Bonchev–Trinajstić information content (AvgIpc) is 2.26. The highest BCUT2D eigenvalue weighted by molar-refractivity contribution is 5.76. The molecule has 1 aliphatic rings. The van der Waals surface area contributed by atoms with Gasteiger partial charge in [-0.05, 0) is 32.2 Å². The van der Waals surface area contributed by atoms with Crippen LogP contribution in [0, 0.1) is 5.41 Å². The third-order valence-electron chi connectivity index (χ3n) is 3.29. The van der Waals surface area contributed by atoms with Crippen LogP contribution in [-0.2, 0) is 9.53 Å². The summed E-state index contributed by atoms with van der Waals surface area (Å²) in [5.74, 6) is -0.0225. The molecule has 0 aromatic rings. The van der Waals surface area contributed by atoms with Gasteiger partial charge in [0.25, 0.3) is 0 Å². The van der Waals surface area contributed by atoms with Gasteiger partial charge in [-0.2, -0.15) is 0 Å². The van der Waals surface area contributed by atoms with Gasteiger partial charge in [-0.3, -0.25) is 4.79 Å². The van der Waals surface area contributed by atoms with Crippen LogP contribution in [0.15, 0.2) is 0 Å². The number of carbonyl (C=O) groups excluding carboxylic acids is 1. The molecule has 0 unspecified atom stereocenters. The number of carbonyl (C=O) groups is 1. The lowest BCUT2D eigenvalue weighted by Crippen LogP contribution is -2.35. The summed E-state index contributed by atoms with van der Waals surface area (Å²) in [6, 6.07) is 0. The summed E-state index contributed by atoms with van der Waals surface area (Å²) in [5, 5.41) is 0. The van der Waals surface area contributed by atoms with Crippen molar-refractivity contribution >= 4 is 5.97 Å². The number of methoxy groups -OCH3 is 1. The summed E-state index contributed by atoms with van der Waals surface area (Å²) >= 11 is 0. The highest BCUT2D eigenvalue weighted by atomic mass is 16.5. The van der Waals surface area contributed by atoms with E-state index < -0.39 is 0 Å². The molecule has 3 nitrogen and oxygen atoms in total. The summed E-state index contributed by atoms with van der Waals surface area (Å²) in [6.07, 6.45) is 7.35. The van der Waals surface area contributed by atoms with Crippen molar-refractivity contribution in [2.24, 2.45) is 11.1 Å². The number of ether oxygens (including phenoxy) is 1. The molecule has 0 aromatic heterocycles. The highest BCUT2D eigenvalue weighted by Gasteiger charge is 2.39. The zero-order valence-corrected chi connectivity index (χ0v) is 9.05. The van der Waals surface area contributed by atoms with E-state index in [0.717, 1.165) is 38.5 Å². The second-order valence-corrected chi connectivity index (χ2v) is 4.22. The molecule has 82 valence electrons. The Hall–Kier alpha value is -0.570. The lowest BCUT2D eigenvalue weighted by Gasteiger charge is -2.34. The largest absolute Gasteiger partial charge is 0.469 e. The summed E-state index contributed by atoms with van der Waals surface area (Å²) in [6.45, 7) is 0.665. The number of hydrogen-bond donors (Lipinski definition) is 1. The quantitative estimate of drug-likeness (QED) is 0.703. The van der Waals surface area contributed by atoms with Crippen LogP contribution in [0.4, 0.5) is 0 Å². The first-order valence-corrected chi connectivity index (χ1v) is 5.54. The van der Waals surface area contributed by atoms with Crippen molar-refractivity contribution in [3.05, 3.63) is 0 Å². The molecule has 0 bridgehead atoms. The van der Waals surface area contributed by atoms with Crippen LogP contribution < -0.4 is 5.73 Å². The van der Waals surface area contributed by atoms with Crippen molar-refractivity contribution in [3.63, 3.8) is 0 Å². The summed E-state index contributed by atoms with van der Waals surface area (Å²) < 4.78 is 4.91. The van der Waals surface area contributed by atoms with E-state index in [1.807, 2.05) is 0 Å². The number of esters is 1. The van der Waals surface area contributed by atoms with Gasteiger partial charge >= 0.3 is 5.97 Å². The smallest absolute Gasteiger partial charge is 0.311 e. The van der Waals surface area contributed by atoms with Crippen molar-refractivity contribution in [2.45, 2.75) is 44.9 Å². The van der Waals surface area contributed by atoms with E-state index in [1.54, 1.807) is 0 Å². The maximum Gasteiger partial charge on any atom is 0.311 e. The van der Waals surface area contributed by atoms with Crippen molar-refractivity contribution in [1.29, 1.82) is 0 Å². The molecule has 0 radical (unpaired) electrons. The SMILES string of the molecule is COC(=O)C1(CCCN)CCCCC1. The van der Waals surface area contributed by atoms with Gasteiger partial charge in [0.2, 0.25) is 0 Å². The molecule has 0 amide bonds. The molecule has 1 aliphatic carbocycles. The summed E-state index contributed by atoms with van der Waals surface area (Å²) in [5.41, 5.74) is 5.29. The first-order chi connectivity index (χ1) is 6.75. The Kier molecular flexibility index (Phi) is 4.39. The van der Waals surface area contributed by atoms with Crippen molar-refractivity contribution in [1.82, 2.24) is 0 Å². The third-order valence-corrected chi connectivity index (χ3v) is 3.29. The highest BCUT2D eigenvalue weighted by Crippen LogP contribution is 2.41. The molecule has 0 heterocycles. The Bertz CT molecular complexity index is 186. The van der Waals surface area contributed by atoms with E-state index >= 15 is 0 Å². The van der Waals surface area contributed by atoms with Crippen LogP contribution in [0.2, 0.25) is 0 Å². The molecule has 0 aromatic carbocycles. The van der Waals surface area contributed by atoms with Crippen LogP contribution in [0.25, 0.3) is 0 Å². The predicted molar refractivity (Wildman–Crippen MR) is 55.8 cm³/mol. The number of hydrogen-bond acceptors (Lipinski definition) is 3. The van der Waals surface area contributed by atoms with Crippen LogP contribution in [-0.4, -0.2) is 19.6 Å². The van der Waals surface area contributed by atoms with Crippen LogP contribution in [0.1, 0.15) is 44.9 Å². The van der Waals surface area contributed by atoms with E-state index in [2.05, 4.69) is 0 Å². The van der Waals surface area contributed by atoms with Crippen molar-refractivity contribution in [2.75, 3.05) is 13.7 Å². The van der Waals surface area contributed by atoms with Crippen molar-refractivity contribution in [3.8, 4) is 0 Å². The van der Waals surface area contributed by atoms with Crippen molar-refractivity contribution < 1.29 is 9.53 Å². The Balaban J connectivity index is 2.61. The number of nitrogens with two attached hydrogens (primary N) is 1. The topological polar surface area (TPSA) is 52.3 Å². The van der Waals surface area contributed by atoms with Gasteiger partial charge in [-0.15, -0.1) is 0 Å². The van der Waals surface area contributed by atoms with E-state index in [0.29, 0.717) is 6.54 Å². The Morgan fingerprint density at radius 2 is 2.00 bits per heavy atom. The minimum atomic E-state index is -0.202. The molecule has 2 N–H and O–H groups in total. The Morgan fingerprint density at radius 3 is 2.50 bits per heavy atom. The van der Waals surface area contributed by atoms with Crippen LogP contribution in [0.3, 0.4) is 0 Å². The van der Waals surface area contributed by atoms with E-state index in [1.165, 1.54) is 13.5 Å². The molecule has 0 aliphatic heterocycles. The minimum absolute atomic E-state index is 0.0225. The van der Waals surface area contributed by atoms with Crippen LogP contribution >= 0.6 is 0 Å². The van der Waals surface area contributed by atoms with Gasteiger partial charge in [0, 0.05) is 0 Å². The van der Waals surface area contributed by atoms with Gasteiger partial charge in [-0.25, -0.2) is 0 Å². The summed E-state index contributed by atoms with van der Waals surface area (Å²) in [4.78, 5) is 11.7. The van der Waals surface area contributed by atoms with Gasteiger partial charge in [0.1, 0.15) is 0 Å². The van der Waals surface area contributed by atoms with E-state index in [-0.39, 0.29) is 11.4 Å². The van der Waals surface area contributed by atoms with E-state index in [4.69, 9.17) is 10.5 Å². The number of rotatable bonds is 4. The zero-order valence-electron chi connectivity index (χ0n) is 9.05. The van der Waals surface area contributed by atoms with E-state index in [9.17, 15) is 4.79 Å². The molecule has 0 saturated heterocycles. The third kappa shape index (κ3) is 2.47. The second-order valence-electron chi connectivity index (χ2n) is 4.22. The lowest BCUT2D eigenvalue weighted by molar-refractivity contribution is -0.155. The first kappa shape index (κ1) is 11.5. The molecular formula is C11H21NO2. The predicted octanol–water partition coefficient (Wildman–Crippen LogP) is 1.85. The zero-order chi connectivity index (χ0) is 10.4. The Labute approximate surface area is 86.0 Å². The fraction of sp³-hybridized carbons (Fsp3) is 0.909. The first-order valence-electron chi connectivity index (χ1n) is 5.54. The lowest BCUT2D eigenvalue weighted by atomic mass is 9.71. The fourth-order valence-corrected chi connectivity index (χ4v) is 2.44. The normalized spacial score (nSPS) is 20.4. The molecule has 1 fully saturated rings. The molecule has 1 rings (SSSR count). The maximum atomic E-state index is 11.7. The van der Waals surface area contributed by atoms with Gasteiger partial charge < -0.3 is 10.5 Å². The molecular weight excluding hydrogens is 178 g/mol. The average molecular weight is 199 g/mol. The maximum absolute atomic E-state index is 11.7. The Morgan fingerprint density at radius 1 is 1.36 bits per heavy atom. The molecule has 0 spiro atoms. The molecule has 0 atom stereocenters. The molecule has 1 saturated carbocycles. The second kappa shape index (κ2) is 5.35. The monoisotopic (exact) mass is 199 g/mol. The molecule has 3 heteroatoms. The van der Waals surface area contributed by atoms with Gasteiger partial charge in [-0.1, -0.05) is 19.3 Å². The van der Waals surface area contributed by atoms with Crippen LogP contribution in [0.5, 0.6) is 0 Å². The molecule has 14 heavy (non-hydrogen) atoms. The van der Waals surface area contributed by atoms with Gasteiger partial charge in [0.05, 0.1) is 12.5 Å². The fourth-order valence-electron chi connectivity index (χ4n) is 2.44. The summed E-state index contributed by atoms with van der Waals surface area (Å²) in [7, 11) is 1.49. The van der Waals surface area contributed by atoms with Gasteiger partial charge in [0.15, 0.2) is 0 Å².